The third-order valence-corrected chi connectivity index (χ3v) is 3.66. The van der Waals surface area contributed by atoms with Crippen LogP contribution < -0.4 is 5.73 Å². The lowest BCUT2D eigenvalue weighted by atomic mass is 9.87. The van der Waals surface area contributed by atoms with Gasteiger partial charge >= 0.3 is 5.97 Å². The predicted octanol–water partition coefficient (Wildman–Crippen LogP) is 1.22. The molecule has 1 amide bonds. The lowest BCUT2D eigenvalue weighted by molar-refractivity contribution is -0.161. The molecule has 0 radical (unpaired) electrons. The minimum Gasteiger partial charge on any atom is -0.480 e. The standard InChI is InChI=1S/C13H24N2O3/c1-9(2)8-10(14)11(16)15-7-5-4-6-13(15,3)12(17)18/h9-10H,4-8,14H2,1-3H3,(H,17,18)/t10-,13?/m0/s1. The van der Waals surface area contributed by atoms with E-state index in [0.717, 1.165) is 12.8 Å². The third-order valence-electron chi connectivity index (χ3n) is 3.66. The molecule has 0 saturated carbocycles. The molecule has 0 bridgehead atoms. The molecule has 0 aliphatic carbocycles. The smallest absolute Gasteiger partial charge is 0.329 e. The van der Waals surface area contributed by atoms with E-state index in [-0.39, 0.29) is 5.91 Å². The van der Waals surface area contributed by atoms with Gasteiger partial charge in [-0.25, -0.2) is 4.79 Å². The van der Waals surface area contributed by atoms with Crippen molar-refractivity contribution in [2.45, 2.75) is 58.0 Å². The van der Waals surface area contributed by atoms with Gasteiger partial charge in [-0.2, -0.15) is 0 Å². The second-order valence-electron chi connectivity index (χ2n) is 5.76. The number of nitrogens with two attached hydrogens (primary N) is 1. The number of piperidine rings is 1. The van der Waals surface area contributed by atoms with Crippen LogP contribution in [0.15, 0.2) is 0 Å². The molecule has 1 aliphatic rings. The molecule has 0 aromatic carbocycles. The van der Waals surface area contributed by atoms with Crippen molar-refractivity contribution >= 4 is 11.9 Å². The average molecular weight is 256 g/mol. The summed E-state index contributed by atoms with van der Waals surface area (Å²) >= 11 is 0. The molecule has 1 fully saturated rings. The summed E-state index contributed by atoms with van der Waals surface area (Å²) in [6, 6.07) is -0.596. The second-order valence-corrected chi connectivity index (χ2v) is 5.76. The van der Waals surface area contributed by atoms with Crippen LogP contribution in [0.25, 0.3) is 0 Å². The van der Waals surface area contributed by atoms with Crippen LogP contribution in [-0.2, 0) is 9.59 Å². The monoisotopic (exact) mass is 256 g/mol. The van der Waals surface area contributed by atoms with E-state index in [1.807, 2.05) is 13.8 Å². The quantitative estimate of drug-likeness (QED) is 0.792. The number of carbonyl (C=O) groups is 2. The van der Waals surface area contributed by atoms with Crippen molar-refractivity contribution in [3.8, 4) is 0 Å². The first-order valence-corrected chi connectivity index (χ1v) is 6.59. The lowest BCUT2D eigenvalue weighted by Crippen LogP contribution is -2.61. The number of aliphatic carboxylic acids is 1. The van der Waals surface area contributed by atoms with Gasteiger partial charge in [-0.1, -0.05) is 13.8 Å². The Labute approximate surface area is 108 Å². The van der Waals surface area contributed by atoms with Crippen LogP contribution in [0.2, 0.25) is 0 Å². The maximum atomic E-state index is 12.3. The maximum absolute atomic E-state index is 12.3. The van der Waals surface area contributed by atoms with Crippen molar-refractivity contribution in [2.75, 3.05) is 6.54 Å². The van der Waals surface area contributed by atoms with Crippen LogP contribution >= 0.6 is 0 Å². The molecule has 1 saturated heterocycles. The number of carboxylic acid groups (broad SMARTS) is 1. The summed E-state index contributed by atoms with van der Waals surface area (Å²) in [5.74, 6) is -0.842. The first-order valence-electron chi connectivity index (χ1n) is 6.59. The summed E-state index contributed by atoms with van der Waals surface area (Å²) in [6.45, 7) is 6.11. The van der Waals surface area contributed by atoms with Gasteiger partial charge in [0.1, 0.15) is 5.54 Å². The average Bonchev–Trinajstić information content (AvgIpc) is 2.27. The molecule has 0 aromatic rings. The molecule has 1 rings (SSSR count). The summed E-state index contributed by atoms with van der Waals surface area (Å²) in [5.41, 5.74) is 4.79. The minimum atomic E-state index is -1.09. The zero-order valence-corrected chi connectivity index (χ0v) is 11.5. The van der Waals surface area contributed by atoms with Gasteiger partial charge in [0.05, 0.1) is 6.04 Å². The fourth-order valence-corrected chi connectivity index (χ4v) is 2.51. The fraction of sp³-hybridized carbons (Fsp3) is 0.846. The highest BCUT2D eigenvalue weighted by molar-refractivity contribution is 5.89. The Kier molecular flexibility index (Phi) is 4.73. The number of carbonyl (C=O) groups excluding carboxylic acids is 1. The topological polar surface area (TPSA) is 83.6 Å². The summed E-state index contributed by atoms with van der Waals surface area (Å²) in [5, 5.41) is 9.35. The lowest BCUT2D eigenvalue weighted by Gasteiger charge is -2.42. The van der Waals surface area contributed by atoms with E-state index in [4.69, 9.17) is 5.73 Å². The van der Waals surface area contributed by atoms with Crippen molar-refractivity contribution < 1.29 is 14.7 Å². The van der Waals surface area contributed by atoms with E-state index in [1.165, 1.54) is 4.90 Å². The summed E-state index contributed by atoms with van der Waals surface area (Å²) < 4.78 is 0. The van der Waals surface area contributed by atoms with Gasteiger partial charge in [0.25, 0.3) is 0 Å². The normalized spacial score (nSPS) is 26.2. The number of likely N-dealkylation sites (tertiary alicyclic amines) is 1. The molecule has 3 N–H and O–H groups in total. The Balaban J connectivity index is 2.84. The van der Waals surface area contributed by atoms with Gasteiger partial charge in [0, 0.05) is 6.54 Å². The summed E-state index contributed by atoms with van der Waals surface area (Å²) in [7, 11) is 0. The molecule has 0 spiro atoms. The molecule has 18 heavy (non-hydrogen) atoms. The van der Waals surface area contributed by atoms with E-state index in [1.54, 1.807) is 6.92 Å². The SMILES string of the molecule is CC(C)C[C@H](N)C(=O)N1CCCCC1(C)C(=O)O. The summed E-state index contributed by atoms with van der Waals surface area (Å²) in [6.07, 6.45) is 2.78. The van der Waals surface area contributed by atoms with Gasteiger partial charge in [0.2, 0.25) is 5.91 Å². The van der Waals surface area contributed by atoms with Gasteiger partial charge < -0.3 is 15.7 Å². The highest BCUT2D eigenvalue weighted by atomic mass is 16.4. The Bertz CT molecular complexity index is 330. The van der Waals surface area contributed by atoms with Crippen molar-refractivity contribution in [1.29, 1.82) is 0 Å². The number of nitrogens with zero attached hydrogens (tertiary/aromatic N) is 1. The van der Waals surface area contributed by atoms with E-state index in [9.17, 15) is 14.7 Å². The largest absolute Gasteiger partial charge is 0.480 e. The molecule has 1 aliphatic heterocycles. The van der Waals surface area contributed by atoms with Crippen molar-refractivity contribution in [2.24, 2.45) is 11.7 Å². The third kappa shape index (κ3) is 3.02. The Morgan fingerprint density at radius 2 is 2.00 bits per heavy atom. The molecular formula is C13H24N2O3. The summed E-state index contributed by atoms with van der Waals surface area (Å²) in [4.78, 5) is 25.2. The van der Waals surface area contributed by atoms with Crippen molar-refractivity contribution in [3.63, 3.8) is 0 Å². The van der Waals surface area contributed by atoms with Crippen LogP contribution in [0.3, 0.4) is 0 Å². The molecular weight excluding hydrogens is 232 g/mol. The van der Waals surface area contributed by atoms with Crippen molar-refractivity contribution in [1.82, 2.24) is 4.90 Å². The number of hydrogen-bond donors (Lipinski definition) is 2. The van der Waals surface area contributed by atoms with Crippen LogP contribution in [-0.4, -0.2) is 40.0 Å². The van der Waals surface area contributed by atoms with Crippen LogP contribution in [0.5, 0.6) is 0 Å². The van der Waals surface area contributed by atoms with E-state index < -0.39 is 17.6 Å². The highest BCUT2D eigenvalue weighted by Gasteiger charge is 2.44. The number of carboxylic acids is 1. The second kappa shape index (κ2) is 5.69. The van der Waals surface area contributed by atoms with Crippen LogP contribution in [0, 0.1) is 5.92 Å². The Morgan fingerprint density at radius 3 is 2.50 bits per heavy atom. The fourth-order valence-electron chi connectivity index (χ4n) is 2.51. The first-order chi connectivity index (χ1) is 8.29. The zero-order chi connectivity index (χ0) is 13.9. The first kappa shape index (κ1) is 15.0. The number of rotatable bonds is 4. The highest BCUT2D eigenvalue weighted by Crippen LogP contribution is 2.29. The van der Waals surface area contributed by atoms with Crippen LogP contribution in [0.4, 0.5) is 0 Å². The molecule has 1 unspecified atom stereocenters. The zero-order valence-electron chi connectivity index (χ0n) is 11.5. The Hall–Kier alpha value is -1.10. The van der Waals surface area contributed by atoms with Gasteiger partial charge in [0.15, 0.2) is 0 Å². The molecule has 0 aromatic heterocycles. The minimum absolute atomic E-state index is 0.228. The van der Waals surface area contributed by atoms with E-state index in [0.29, 0.717) is 25.3 Å². The Morgan fingerprint density at radius 1 is 1.39 bits per heavy atom. The maximum Gasteiger partial charge on any atom is 0.329 e. The van der Waals surface area contributed by atoms with E-state index >= 15 is 0 Å². The van der Waals surface area contributed by atoms with Crippen molar-refractivity contribution in [3.05, 3.63) is 0 Å². The van der Waals surface area contributed by atoms with E-state index in [2.05, 4.69) is 0 Å². The molecule has 5 nitrogen and oxygen atoms in total. The molecule has 2 atom stereocenters. The predicted molar refractivity (Wildman–Crippen MR) is 69.0 cm³/mol. The van der Waals surface area contributed by atoms with Gasteiger partial charge in [-0.05, 0) is 38.5 Å². The van der Waals surface area contributed by atoms with Gasteiger partial charge in [-0.3, -0.25) is 4.79 Å². The molecule has 104 valence electrons. The molecule has 5 heteroatoms. The number of amides is 1. The number of hydrogen-bond acceptors (Lipinski definition) is 3. The molecule has 1 heterocycles. The van der Waals surface area contributed by atoms with Gasteiger partial charge in [-0.15, -0.1) is 0 Å². The van der Waals surface area contributed by atoms with Crippen LogP contribution in [0.1, 0.15) is 46.5 Å².